The van der Waals surface area contributed by atoms with Crippen LogP contribution in [0, 0.1) is 12.8 Å². The molecule has 0 aliphatic heterocycles. The summed E-state index contributed by atoms with van der Waals surface area (Å²) in [7, 11) is 0. The zero-order valence-electron chi connectivity index (χ0n) is 13.5. The molecule has 0 saturated carbocycles. The highest BCUT2D eigenvalue weighted by Crippen LogP contribution is 2.14. The Balaban J connectivity index is 2.20. The van der Waals surface area contributed by atoms with Crippen molar-refractivity contribution in [1.29, 1.82) is 0 Å². The van der Waals surface area contributed by atoms with Gasteiger partial charge in [0, 0.05) is 0 Å². The lowest BCUT2D eigenvalue weighted by Crippen LogP contribution is -2.41. The van der Waals surface area contributed by atoms with Gasteiger partial charge in [0.15, 0.2) is 0 Å². The van der Waals surface area contributed by atoms with Gasteiger partial charge in [0.1, 0.15) is 6.04 Å². The lowest BCUT2D eigenvalue weighted by atomic mass is 10.0. The third-order valence-electron chi connectivity index (χ3n) is 3.57. The molecule has 0 radical (unpaired) electrons. The van der Waals surface area contributed by atoms with E-state index in [1.165, 1.54) is 6.20 Å². The number of aliphatic carboxylic acids is 1. The number of carbonyl (C=O) groups is 2. The molecule has 0 saturated heterocycles. The van der Waals surface area contributed by atoms with Crippen molar-refractivity contribution in [3.05, 3.63) is 47.8 Å². The standard InChI is InChI=1S/C17H21N3O3/c1-11(2)9-15(17(22)23)19-16(21)14-10-18-20(12(14)3)13-7-5-4-6-8-13/h4-8,10-11,15H,9H2,1-3H3,(H,19,21)(H,22,23). The second-order valence-corrected chi connectivity index (χ2v) is 5.88. The number of nitrogens with zero attached hydrogens (tertiary/aromatic N) is 2. The molecule has 2 rings (SSSR count). The third-order valence-corrected chi connectivity index (χ3v) is 3.57. The summed E-state index contributed by atoms with van der Waals surface area (Å²) in [6, 6.07) is 8.56. The van der Waals surface area contributed by atoms with E-state index in [-0.39, 0.29) is 5.92 Å². The van der Waals surface area contributed by atoms with E-state index in [2.05, 4.69) is 10.4 Å². The second-order valence-electron chi connectivity index (χ2n) is 5.88. The number of benzene rings is 1. The Morgan fingerprint density at radius 3 is 2.48 bits per heavy atom. The van der Waals surface area contributed by atoms with Gasteiger partial charge < -0.3 is 10.4 Å². The molecule has 0 fully saturated rings. The van der Waals surface area contributed by atoms with E-state index >= 15 is 0 Å². The first-order chi connectivity index (χ1) is 10.9. The maximum Gasteiger partial charge on any atom is 0.326 e. The minimum absolute atomic E-state index is 0.171. The van der Waals surface area contributed by atoms with Crippen LogP contribution in [0.1, 0.15) is 36.3 Å². The maximum absolute atomic E-state index is 12.4. The Morgan fingerprint density at radius 2 is 1.91 bits per heavy atom. The van der Waals surface area contributed by atoms with Crippen molar-refractivity contribution < 1.29 is 14.7 Å². The molecule has 1 unspecified atom stereocenters. The first-order valence-corrected chi connectivity index (χ1v) is 7.54. The maximum atomic E-state index is 12.4. The van der Waals surface area contributed by atoms with Crippen LogP contribution < -0.4 is 5.32 Å². The van der Waals surface area contributed by atoms with Gasteiger partial charge in [-0.1, -0.05) is 32.0 Å². The summed E-state index contributed by atoms with van der Waals surface area (Å²) >= 11 is 0. The summed E-state index contributed by atoms with van der Waals surface area (Å²) in [5.74, 6) is -1.28. The lowest BCUT2D eigenvalue weighted by molar-refractivity contribution is -0.139. The Morgan fingerprint density at radius 1 is 1.26 bits per heavy atom. The summed E-state index contributed by atoms with van der Waals surface area (Å²) < 4.78 is 1.66. The van der Waals surface area contributed by atoms with Crippen LogP contribution in [0.5, 0.6) is 0 Å². The van der Waals surface area contributed by atoms with Crippen LogP contribution in [-0.2, 0) is 4.79 Å². The Bertz CT molecular complexity index is 692. The number of hydrogen-bond acceptors (Lipinski definition) is 3. The summed E-state index contributed by atoms with van der Waals surface area (Å²) in [5, 5.41) is 16.0. The van der Waals surface area contributed by atoms with E-state index in [0.29, 0.717) is 17.7 Å². The van der Waals surface area contributed by atoms with Gasteiger partial charge in [-0.25, -0.2) is 9.48 Å². The van der Waals surface area contributed by atoms with Gasteiger partial charge in [0.05, 0.1) is 23.1 Å². The van der Waals surface area contributed by atoms with Crippen molar-refractivity contribution in [2.75, 3.05) is 0 Å². The van der Waals surface area contributed by atoms with Crippen LogP contribution in [0.15, 0.2) is 36.5 Å². The molecule has 1 atom stereocenters. The second kappa shape index (κ2) is 7.09. The molecule has 2 N–H and O–H groups in total. The minimum atomic E-state index is -1.03. The van der Waals surface area contributed by atoms with Crippen LogP contribution in [0.25, 0.3) is 5.69 Å². The molecular weight excluding hydrogens is 294 g/mol. The Labute approximate surface area is 135 Å². The summed E-state index contributed by atoms with van der Waals surface area (Å²) in [6.45, 7) is 5.62. The molecular formula is C17H21N3O3. The summed E-state index contributed by atoms with van der Waals surface area (Å²) in [4.78, 5) is 23.7. The zero-order chi connectivity index (χ0) is 17.0. The zero-order valence-corrected chi connectivity index (χ0v) is 13.5. The van der Waals surface area contributed by atoms with Gasteiger partial charge in [-0.2, -0.15) is 5.10 Å². The number of rotatable bonds is 6. The SMILES string of the molecule is Cc1c(C(=O)NC(CC(C)C)C(=O)O)cnn1-c1ccccc1. The first kappa shape index (κ1) is 16.7. The van der Waals surface area contributed by atoms with Crippen LogP contribution in [0.4, 0.5) is 0 Å². The van der Waals surface area contributed by atoms with Gasteiger partial charge >= 0.3 is 5.97 Å². The summed E-state index contributed by atoms with van der Waals surface area (Å²) in [5.41, 5.74) is 1.90. The number of amides is 1. The fourth-order valence-electron chi connectivity index (χ4n) is 2.39. The van der Waals surface area contributed by atoms with Crippen molar-refractivity contribution in [2.45, 2.75) is 33.2 Å². The Hall–Kier alpha value is -2.63. The molecule has 6 nitrogen and oxygen atoms in total. The molecule has 0 aliphatic carbocycles. The molecule has 1 aromatic carbocycles. The van der Waals surface area contributed by atoms with Crippen molar-refractivity contribution in [1.82, 2.24) is 15.1 Å². The monoisotopic (exact) mass is 315 g/mol. The van der Waals surface area contributed by atoms with Gasteiger partial charge in [-0.05, 0) is 31.4 Å². The first-order valence-electron chi connectivity index (χ1n) is 7.54. The number of para-hydroxylation sites is 1. The highest BCUT2D eigenvalue weighted by Gasteiger charge is 2.23. The van der Waals surface area contributed by atoms with E-state index in [1.807, 2.05) is 44.2 Å². The van der Waals surface area contributed by atoms with E-state index in [1.54, 1.807) is 11.6 Å². The minimum Gasteiger partial charge on any atom is -0.480 e. The predicted octanol–water partition coefficient (Wildman–Crippen LogP) is 2.41. The highest BCUT2D eigenvalue weighted by molar-refractivity contribution is 5.97. The van der Waals surface area contributed by atoms with Crippen molar-refractivity contribution in [2.24, 2.45) is 5.92 Å². The predicted molar refractivity (Wildman–Crippen MR) is 86.6 cm³/mol. The molecule has 1 aromatic heterocycles. The van der Waals surface area contributed by atoms with E-state index in [0.717, 1.165) is 5.69 Å². The third kappa shape index (κ3) is 3.97. The fraction of sp³-hybridized carbons (Fsp3) is 0.353. The quantitative estimate of drug-likeness (QED) is 0.857. The Kier molecular flexibility index (Phi) is 5.16. The lowest BCUT2D eigenvalue weighted by Gasteiger charge is -2.16. The van der Waals surface area contributed by atoms with Crippen molar-refractivity contribution in [3.8, 4) is 5.69 Å². The molecule has 1 heterocycles. The van der Waals surface area contributed by atoms with Gasteiger partial charge in [0.2, 0.25) is 0 Å². The number of carboxylic acid groups (broad SMARTS) is 1. The number of nitrogens with one attached hydrogen (secondary N) is 1. The average Bonchev–Trinajstić information content (AvgIpc) is 2.88. The van der Waals surface area contributed by atoms with Crippen LogP contribution in [-0.4, -0.2) is 32.8 Å². The van der Waals surface area contributed by atoms with Gasteiger partial charge in [-0.15, -0.1) is 0 Å². The molecule has 6 heteroatoms. The largest absolute Gasteiger partial charge is 0.480 e. The average molecular weight is 315 g/mol. The van der Waals surface area contributed by atoms with E-state index in [9.17, 15) is 14.7 Å². The van der Waals surface area contributed by atoms with E-state index in [4.69, 9.17) is 0 Å². The number of aromatic nitrogens is 2. The number of hydrogen-bond donors (Lipinski definition) is 2. The molecule has 0 bridgehead atoms. The van der Waals surface area contributed by atoms with Crippen LogP contribution in [0.3, 0.4) is 0 Å². The fourth-order valence-corrected chi connectivity index (χ4v) is 2.39. The summed E-state index contributed by atoms with van der Waals surface area (Å²) in [6.07, 6.45) is 1.85. The van der Waals surface area contributed by atoms with Gasteiger partial charge in [0.25, 0.3) is 5.91 Å². The van der Waals surface area contributed by atoms with Crippen LogP contribution in [0.2, 0.25) is 0 Å². The van der Waals surface area contributed by atoms with Crippen LogP contribution >= 0.6 is 0 Å². The van der Waals surface area contributed by atoms with E-state index < -0.39 is 17.9 Å². The molecule has 0 aliphatic rings. The van der Waals surface area contributed by atoms with Gasteiger partial charge in [-0.3, -0.25) is 4.79 Å². The molecule has 0 spiro atoms. The van der Waals surface area contributed by atoms with Crippen molar-refractivity contribution in [3.63, 3.8) is 0 Å². The molecule has 1 amide bonds. The topological polar surface area (TPSA) is 84.2 Å². The smallest absolute Gasteiger partial charge is 0.326 e. The molecule has 122 valence electrons. The molecule has 2 aromatic rings. The normalized spacial score (nSPS) is 12.2. The number of carboxylic acids is 1. The van der Waals surface area contributed by atoms with Crippen molar-refractivity contribution >= 4 is 11.9 Å². The molecule has 23 heavy (non-hydrogen) atoms. The number of carbonyl (C=O) groups excluding carboxylic acids is 1. The highest BCUT2D eigenvalue weighted by atomic mass is 16.4.